The molecule has 0 amide bonds. The van der Waals surface area contributed by atoms with Gasteiger partial charge in [0, 0.05) is 16.1 Å². The third-order valence-corrected chi connectivity index (χ3v) is 4.02. The lowest BCUT2D eigenvalue weighted by Gasteiger charge is -2.19. The minimum atomic E-state index is 0.243. The number of nitrogens with one attached hydrogen (secondary N) is 1. The third kappa shape index (κ3) is 3.76. The molecule has 0 radical (unpaired) electrons. The Kier molecular flexibility index (Phi) is 5.09. The number of aryl methyl sites for hydroxylation is 2. The highest BCUT2D eigenvalue weighted by Gasteiger charge is 2.13. The number of likely N-dealkylation sites (N-methyl/N-ethyl adjacent to an activating group) is 1. The summed E-state index contributed by atoms with van der Waals surface area (Å²) in [6, 6.07) is 12.6. The lowest BCUT2D eigenvalue weighted by atomic mass is 9.96. The molecule has 2 aromatic carbocycles. The molecule has 3 heteroatoms. The zero-order chi connectivity index (χ0) is 14.7. The molecule has 0 bridgehead atoms. The molecular formula is C17H19Cl2N. The van der Waals surface area contributed by atoms with Gasteiger partial charge >= 0.3 is 0 Å². The Labute approximate surface area is 130 Å². The summed E-state index contributed by atoms with van der Waals surface area (Å²) < 4.78 is 0. The SMILES string of the molecule is CNC(Cc1ccc(Cl)cc1Cl)c1cc(C)cc(C)c1. The van der Waals surface area contributed by atoms with Gasteiger partial charge in [-0.05, 0) is 50.6 Å². The Morgan fingerprint density at radius 3 is 2.20 bits per heavy atom. The molecule has 0 spiro atoms. The molecule has 0 saturated heterocycles. The van der Waals surface area contributed by atoms with Crippen LogP contribution in [0.15, 0.2) is 36.4 Å². The summed E-state index contributed by atoms with van der Waals surface area (Å²) in [4.78, 5) is 0. The van der Waals surface area contributed by atoms with Crippen LogP contribution in [-0.2, 0) is 6.42 Å². The summed E-state index contributed by atoms with van der Waals surface area (Å²) in [7, 11) is 1.98. The Hall–Kier alpha value is -1.02. The largest absolute Gasteiger partial charge is 0.313 e. The van der Waals surface area contributed by atoms with Crippen molar-refractivity contribution in [3.8, 4) is 0 Å². The molecule has 1 unspecified atom stereocenters. The standard InChI is InChI=1S/C17H19Cl2N/c1-11-6-12(2)8-14(7-11)17(20-3)9-13-4-5-15(18)10-16(13)19/h4-8,10,17,20H,9H2,1-3H3. The van der Waals surface area contributed by atoms with Crippen LogP contribution in [0.1, 0.15) is 28.3 Å². The molecular weight excluding hydrogens is 289 g/mol. The van der Waals surface area contributed by atoms with Crippen LogP contribution in [0.4, 0.5) is 0 Å². The molecule has 0 aromatic heterocycles. The molecule has 2 aromatic rings. The summed E-state index contributed by atoms with van der Waals surface area (Å²) >= 11 is 12.2. The van der Waals surface area contributed by atoms with E-state index in [4.69, 9.17) is 23.2 Å². The van der Waals surface area contributed by atoms with Gasteiger partial charge in [0.2, 0.25) is 0 Å². The van der Waals surface area contributed by atoms with Crippen molar-refractivity contribution in [3.05, 3.63) is 68.7 Å². The number of benzene rings is 2. The molecule has 1 N–H and O–H groups in total. The lowest BCUT2D eigenvalue weighted by molar-refractivity contribution is 0.591. The van der Waals surface area contributed by atoms with Gasteiger partial charge in [-0.2, -0.15) is 0 Å². The molecule has 0 aliphatic heterocycles. The minimum absolute atomic E-state index is 0.243. The van der Waals surface area contributed by atoms with E-state index in [0.717, 1.165) is 17.0 Å². The Morgan fingerprint density at radius 1 is 1.00 bits per heavy atom. The third-order valence-electron chi connectivity index (χ3n) is 3.43. The van der Waals surface area contributed by atoms with E-state index in [-0.39, 0.29) is 6.04 Å². The van der Waals surface area contributed by atoms with Gasteiger partial charge in [-0.25, -0.2) is 0 Å². The first-order chi connectivity index (χ1) is 9.49. The summed E-state index contributed by atoms with van der Waals surface area (Å²) in [5, 5.41) is 4.77. The molecule has 1 nitrogen and oxygen atoms in total. The maximum Gasteiger partial charge on any atom is 0.0453 e. The summed E-state index contributed by atoms with van der Waals surface area (Å²) in [6.07, 6.45) is 0.843. The van der Waals surface area contributed by atoms with Gasteiger partial charge in [0.25, 0.3) is 0 Å². The quantitative estimate of drug-likeness (QED) is 0.827. The van der Waals surface area contributed by atoms with Gasteiger partial charge in [0.15, 0.2) is 0 Å². The Bertz CT molecular complexity index is 588. The van der Waals surface area contributed by atoms with Gasteiger partial charge in [0.1, 0.15) is 0 Å². The second-order valence-electron chi connectivity index (χ2n) is 5.20. The first kappa shape index (κ1) is 15.4. The van der Waals surface area contributed by atoms with E-state index in [0.29, 0.717) is 5.02 Å². The van der Waals surface area contributed by atoms with E-state index >= 15 is 0 Å². The van der Waals surface area contributed by atoms with E-state index in [1.807, 2.05) is 19.2 Å². The summed E-state index contributed by atoms with van der Waals surface area (Å²) in [5.41, 5.74) is 4.95. The molecule has 0 aliphatic rings. The molecule has 0 heterocycles. The molecule has 1 atom stereocenters. The average Bonchev–Trinajstić information content (AvgIpc) is 2.36. The zero-order valence-electron chi connectivity index (χ0n) is 12.0. The van der Waals surface area contributed by atoms with Crippen LogP contribution in [0.25, 0.3) is 0 Å². The fourth-order valence-electron chi connectivity index (χ4n) is 2.50. The number of hydrogen-bond acceptors (Lipinski definition) is 1. The lowest BCUT2D eigenvalue weighted by Crippen LogP contribution is -2.19. The van der Waals surface area contributed by atoms with E-state index in [9.17, 15) is 0 Å². The van der Waals surface area contributed by atoms with Crippen molar-refractivity contribution in [1.82, 2.24) is 5.32 Å². The second kappa shape index (κ2) is 6.62. The fraction of sp³-hybridized carbons (Fsp3) is 0.294. The summed E-state index contributed by atoms with van der Waals surface area (Å²) in [5.74, 6) is 0. The van der Waals surface area contributed by atoms with Crippen molar-refractivity contribution in [1.29, 1.82) is 0 Å². The first-order valence-corrected chi connectivity index (χ1v) is 7.44. The molecule has 0 fully saturated rings. The number of rotatable bonds is 4. The van der Waals surface area contributed by atoms with Crippen molar-refractivity contribution in [3.63, 3.8) is 0 Å². The predicted molar refractivity (Wildman–Crippen MR) is 87.9 cm³/mol. The van der Waals surface area contributed by atoms with Gasteiger partial charge in [-0.3, -0.25) is 0 Å². The van der Waals surface area contributed by atoms with E-state index in [1.165, 1.54) is 16.7 Å². The normalized spacial score (nSPS) is 12.4. The maximum atomic E-state index is 6.27. The van der Waals surface area contributed by atoms with Gasteiger partial charge in [0.05, 0.1) is 0 Å². The maximum absolute atomic E-state index is 6.27. The van der Waals surface area contributed by atoms with Crippen LogP contribution >= 0.6 is 23.2 Å². The van der Waals surface area contributed by atoms with Crippen molar-refractivity contribution in [2.45, 2.75) is 26.3 Å². The van der Waals surface area contributed by atoms with E-state index < -0.39 is 0 Å². The average molecular weight is 308 g/mol. The molecule has 0 saturated carbocycles. The van der Waals surface area contributed by atoms with Crippen molar-refractivity contribution in [2.24, 2.45) is 0 Å². The number of halogens is 2. The van der Waals surface area contributed by atoms with E-state index in [2.05, 4.69) is 37.4 Å². The Balaban J connectivity index is 2.28. The van der Waals surface area contributed by atoms with Gasteiger partial charge < -0.3 is 5.32 Å². The zero-order valence-corrected chi connectivity index (χ0v) is 13.5. The molecule has 106 valence electrons. The van der Waals surface area contributed by atoms with Crippen molar-refractivity contribution >= 4 is 23.2 Å². The van der Waals surface area contributed by atoms with Crippen molar-refractivity contribution in [2.75, 3.05) is 7.05 Å². The van der Waals surface area contributed by atoms with Gasteiger partial charge in [-0.15, -0.1) is 0 Å². The van der Waals surface area contributed by atoms with Crippen LogP contribution in [0.2, 0.25) is 10.0 Å². The Morgan fingerprint density at radius 2 is 1.65 bits per heavy atom. The van der Waals surface area contributed by atoms with Crippen LogP contribution in [0.5, 0.6) is 0 Å². The summed E-state index contributed by atoms with van der Waals surface area (Å²) in [6.45, 7) is 4.25. The molecule has 2 rings (SSSR count). The van der Waals surface area contributed by atoms with Gasteiger partial charge in [-0.1, -0.05) is 58.6 Å². The topological polar surface area (TPSA) is 12.0 Å². The highest BCUT2D eigenvalue weighted by atomic mass is 35.5. The van der Waals surface area contributed by atoms with Crippen LogP contribution in [0.3, 0.4) is 0 Å². The van der Waals surface area contributed by atoms with E-state index in [1.54, 1.807) is 6.07 Å². The molecule has 20 heavy (non-hydrogen) atoms. The number of hydrogen-bond donors (Lipinski definition) is 1. The monoisotopic (exact) mass is 307 g/mol. The van der Waals surface area contributed by atoms with Crippen LogP contribution in [0, 0.1) is 13.8 Å². The minimum Gasteiger partial charge on any atom is -0.313 e. The molecule has 0 aliphatic carbocycles. The smallest absolute Gasteiger partial charge is 0.0453 e. The first-order valence-electron chi connectivity index (χ1n) is 6.69. The van der Waals surface area contributed by atoms with Crippen molar-refractivity contribution < 1.29 is 0 Å². The predicted octanol–water partition coefficient (Wildman–Crippen LogP) is 5.11. The van der Waals surface area contributed by atoms with Crippen LogP contribution in [-0.4, -0.2) is 7.05 Å². The second-order valence-corrected chi connectivity index (χ2v) is 6.05. The fourth-order valence-corrected chi connectivity index (χ4v) is 2.99. The van der Waals surface area contributed by atoms with Crippen LogP contribution < -0.4 is 5.32 Å². The highest BCUT2D eigenvalue weighted by Crippen LogP contribution is 2.27. The highest BCUT2D eigenvalue weighted by molar-refractivity contribution is 6.35.